The number of aromatic nitrogens is 1. The predicted molar refractivity (Wildman–Crippen MR) is 106 cm³/mol. The molecule has 25 heavy (non-hydrogen) atoms. The van der Waals surface area contributed by atoms with E-state index < -0.39 is 5.82 Å². The van der Waals surface area contributed by atoms with E-state index in [1.165, 1.54) is 10.8 Å². The van der Waals surface area contributed by atoms with Crippen molar-refractivity contribution in [1.82, 2.24) is 9.88 Å². The summed E-state index contributed by atoms with van der Waals surface area (Å²) in [5, 5.41) is 4.95. The summed E-state index contributed by atoms with van der Waals surface area (Å²) in [6, 6.07) is 12.8. The monoisotopic (exact) mass is 391 g/mol. The zero-order valence-electron chi connectivity index (χ0n) is 13.2. The van der Waals surface area contributed by atoms with E-state index in [9.17, 15) is 4.39 Å². The SMILES string of the molecule is Fc1ccc(NC(=S)N2CCC[C@H]2c2nc3ccccc3s2)cc1Cl. The molecule has 3 nitrogen and oxygen atoms in total. The number of hydrogen-bond acceptors (Lipinski definition) is 3. The van der Waals surface area contributed by atoms with Crippen molar-refractivity contribution in [2.75, 3.05) is 11.9 Å². The Morgan fingerprint density at radius 2 is 2.16 bits per heavy atom. The Morgan fingerprint density at radius 3 is 2.96 bits per heavy atom. The standard InChI is InChI=1S/C18H15ClFN3S2/c19-12-10-11(7-8-13(12)20)21-18(24)23-9-3-5-15(23)17-22-14-4-1-2-6-16(14)25-17/h1-2,4,6-8,10,15H,3,5,9H2,(H,21,24)/t15-/m0/s1. The van der Waals surface area contributed by atoms with Crippen molar-refractivity contribution >= 4 is 56.2 Å². The molecule has 1 atom stereocenters. The van der Waals surface area contributed by atoms with Gasteiger partial charge in [0.05, 0.1) is 21.3 Å². The second kappa shape index (κ2) is 6.86. The Balaban J connectivity index is 1.56. The van der Waals surface area contributed by atoms with E-state index in [1.807, 2.05) is 18.2 Å². The van der Waals surface area contributed by atoms with E-state index in [4.69, 9.17) is 28.8 Å². The van der Waals surface area contributed by atoms with Crippen molar-refractivity contribution in [3.63, 3.8) is 0 Å². The first kappa shape index (κ1) is 16.7. The van der Waals surface area contributed by atoms with Gasteiger partial charge in [-0.2, -0.15) is 0 Å². The lowest BCUT2D eigenvalue weighted by Crippen LogP contribution is -2.34. The number of halogens is 2. The molecule has 0 spiro atoms. The summed E-state index contributed by atoms with van der Waals surface area (Å²) in [7, 11) is 0. The van der Waals surface area contributed by atoms with Gasteiger partial charge in [-0.25, -0.2) is 9.37 Å². The second-order valence-corrected chi connectivity index (χ2v) is 7.79. The molecular weight excluding hydrogens is 377 g/mol. The van der Waals surface area contributed by atoms with E-state index >= 15 is 0 Å². The van der Waals surface area contributed by atoms with Crippen LogP contribution < -0.4 is 5.32 Å². The van der Waals surface area contributed by atoms with Crippen LogP contribution in [-0.2, 0) is 0 Å². The highest BCUT2D eigenvalue weighted by molar-refractivity contribution is 7.80. The summed E-state index contributed by atoms with van der Waals surface area (Å²) in [6.07, 6.45) is 2.08. The van der Waals surface area contributed by atoms with E-state index in [-0.39, 0.29) is 11.1 Å². The van der Waals surface area contributed by atoms with Crippen molar-refractivity contribution in [1.29, 1.82) is 0 Å². The topological polar surface area (TPSA) is 28.2 Å². The van der Waals surface area contributed by atoms with Gasteiger partial charge in [0, 0.05) is 12.2 Å². The molecule has 0 amide bonds. The smallest absolute Gasteiger partial charge is 0.174 e. The fourth-order valence-electron chi connectivity index (χ4n) is 3.07. The van der Waals surface area contributed by atoms with Gasteiger partial charge in [-0.05, 0) is 55.4 Å². The highest BCUT2D eigenvalue weighted by Gasteiger charge is 2.30. The number of nitrogens with zero attached hydrogens (tertiary/aromatic N) is 2. The Morgan fingerprint density at radius 1 is 1.32 bits per heavy atom. The van der Waals surface area contributed by atoms with Crippen LogP contribution in [0.25, 0.3) is 10.2 Å². The average Bonchev–Trinajstić information content (AvgIpc) is 3.24. The van der Waals surface area contributed by atoms with Gasteiger partial charge in [0.1, 0.15) is 10.8 Å². The molecule has 0 saturated carbocycles. The summed E-state index contributed by atoms with van der Waals surface area (Å²) in [5.41, 5.74) is 1.71. The normalized spacial score (nSPS) is 17.2. The Kier molecular flexibility index (Phi) is 4.58. The van der Waals surface area contributed by atoms with Crippen LogP contribution in [0.1, 0.15) is 23.9 Å². The van der Waals surface area contributed by atoms with Crippen molar-refractivity contribution in [2.45, 2.75) is 18.9 Å². The number of rotatable bonds is 2. The Labute approximate surface area is 159 Å². The van der Waals surface area contributed by atoms with Gasteiger partial charge >= 0.3 is 0 Å². The first-order valence-electron chi connectivity index (χ1n) is 8.00. The maximum absolute atomic E-state index is 13.3. The number of likely N-dealkylation sites (tertiary alicyclic amines) is 1. The first-order chi connectivity index (χ1) is 12.1. The molecule has 1 aliphatic rings. The number of fused-ring (bicyclic) bond motifs is 1. The number of hydrogen-bond donors (Lipinski definition) is 1. The molecule has 0 bridgehead atoms. The molecule has 1 aromatic heterocycles. The summed E-state index contributed by atoms with van der Waals surface area (Å²) in [4.78, 5) is 6.94. The molecule has 4 rings (SSSR count). The molecule has 2 heterocycles. The highest BCUT2D eigenvalue weighted by Crippen LogP contribution is 2.36. The van der Waals surface area contributed by atoms with E-state index in [0.717, 1.165) is 29.9 Å². The number of thiazole rings is 1. The average molecular weight is 392 g/mol. The van der Waals surface area contributed by atoms with Crippen LogP contribution in [-0.4, -0.2) is 21.5 Å². The van der Waals surface area contributed by atoms with Crippen LogP contribution in [0.2, 0.25) is 5.02 Å². The molecule has 1 aliphatic heterocycles. The molecule has 3 aromatic rings. The quantitative estimate of drug-likeness (QED) is 0.573. The lowest BCUT2D eigenvalue weighted by molar-refractivity contribution is 0.405. The maximum atomic E-state index is 13.3. The molecule has 0 aliphatic carbocycles. The van der Waals surface area contributed by atoms with Crippen LogP contribution in [0.3, 0.4) is 0 Å². The van der Waals surface area contributed by atoms with Gasteiger partial charge in [0.2, 0.25) is 0 Å². The minimum absolute atomic E-state index is 0.0805. The Hall–Kier alpha value is -1.76. The van der Waals surface area contributed by atoms with Crippen LogP contribution >= 0.6 is 35.2 Å². The second-order valence-electron chi connectivity index (χ2n) is 5.93. The van der Waals surface area contributed by atoms with Gasteiger partial charge in [0.25, 0.3) is 0 Å². The molecule has 1 fully saturated rings. The number of para-hydroxylation sites is 1. The molecule has 0 unspecified atom stereocenters. The third-order valence-corrected chi connectivity index (χ3v) is 6.04. The van der Waals surface area contributed by atoms with Crippen molar-refractivity contribution in [3.8, 4) is 0 Å². The summed E-state index contributed by atoms with van der Waals surface area (Å²) in [5.74, 6) is -0.438. The predicted octanol–water partition coefficient (Wildman–Crippen LogP) is 5.62. The lowest BCUT2D eigenvalue weighted by Gasteiger charge is -2.26. The number of nitrogens with one attached hydrogen (secondary N) is 1. The molecule has 1 N–H and O–H groups in total. The van der Waals surface area contributed by atoms with Crippen LogP contribution in [0.4, 0.5) is 10.1 Å². The number of anilines is 1. The minimum Gasteiger partial charge on any atom is -0.340 e. The van der Waals surface area contributed by atoms with Gasteiger partial charge in [0.15, 0.2) is 5.11 Å². The maximum Gasteiger partial charge on any atom is 0.174 e. The Bertz CT molecular complexity index is 910. The van der Waals surface area contributed by atoms with E-state index in [1.54, 1.807) is 23.5 Å². The summed E-state index contributed by atoms with van der Waals surface area (Å²) in [6.45, 7) is 0.876. The van der Waals surface area contributed by atoms with Gasteiger partial charge in [-0.1, -0.05) is 23.7 Å². The zero-order valence-corrected chi connectivity index (χ0v) is 15.6. The molecule has 1 saturated heterocycles. The molecular formula is C18H15ClFN3S2. The van der Waals surface area contributed by atoms with E-state index in [2.05, 4.69) is 16.3 Å². The summed E-state index contributed by atoms with van der Waals surface area (Å²) >= 11 is 13.1. The molecule has 0 radical (unpaired) electrons. The van der Waals surface area contributed by atoms with Crippen LogP contribution in [0, 0.1) is 5.82 Å². The van der Waals surface area contributed by atoms with Gasteiger partial charge in [-0.15, -0.1) is 11.3 Å². The third-order valence-electron chi connectivity index (χ3n) is 4.28. The van der Waals surface area contributed by atoms with Crippen molar-refractivity contribution in [3.05, 3.63) is 58.3 Å². The lowest BCUT2D eigenvalue weighted by atomic mass is 10.2. The highest BCUT2D eigenvalue weighted by atomic mass is 35.5. The molecule has 7 heteroatoms. The molecule has 2 aromatic carbocycles. The van der Waals surface area contributed by atoms with Gasteiger partial charge < -0.3 is 10.2 Å². The summed E-state index contributed by atoms with van der Waals surface area (Å²) < 4.78 is 14.5. The fraction of sp³-hybridized carbons (Fsp3) is 0.222. The number of thiocarbonyl (C=S) groups is 1. The van der Waals surface area contributed by atoms with Crippen molar-refractivity contribution in [2.24, 2.45) is 0 Å². The van der Waals surface area contributed by atoms with Crippen molar-refractivity contribution < 1.29 is 4.39 Å². The third kappa shape index (κ3) is 3.34. The van der Waals surface area contributed by atoms with E-state index in [0.29, 0.717) is 10.8 Å². The molecule has 128 valence electrons. The fourth-order valence-corrected chi connectivity index (χ4v) is 4.70. The largest absolute Gasteiger partial charge is 0.340 e. The van der Waals surface area contributed by atoms with Crippen LogP contribution in [0.15, 0.2) is 42.5 Å². The first-order valence-corrected chi connectivity index (χ1v) is 9.60. The number of benzene rings is 2. The van der Waals surface area contributed by atoms with Crippen LogP contribution in [0.5, 0.6) is 0 Å². The zero-order chi connectivity index (χ0) is 17.4. The minimum atomic E-state index is -0.438. The van der Waals surface area contributed by atoms with Gasteiger partial charge in [-0.3, -0.25) is 0 Å².